The number of nitrogens with one attached hydrogen (secondary N) is 1. The van der Waals surface area contributed by atoms with E-state index in [9.17, 15) is 23.1 Å². The predicted molar refractivity (Wildman–Crippen MR) is 192 cm³/mol. The number of carbonyl (C=O) groups is 2. The van der Waals surface area contributed by atoms with Gasteiger partial charge < -0.3 is 29.4 Å². The molecule has 0 saturated heterocycles. The molecule has 9 nitrogen and oxygen atoms in total. The van der Waals surface area contributed by atoms with Gasteiger partial charge in [-0.3, -0.25) is 4.79 Å². The summed E-state index contributed by atoms with van der Waals surface area (Å²) in [5.41, 5.74) is 0.990. The van der Waals surface area contributed by atoms with Crippen molar-refractivity contribution < 1.29 is 88.7 Å². The monoisotopic (exact) mass is 723 g/mol. The molecule has 3 unspecified atom stereocenters. The topological polar surface area (TPSA) is 131 Å². The van der Waals surface area contributed by atoms with Gasteiger partial charge in [-0.1, -0.05) is 90.0 Å². The van der Waals surface area contributed by atoms with Gasteiger partial charge in [0.1, 0.15) is 21.9 Å². The molecule has 0 aliphatic heterocycles. The molecule has 0 saturated carbocycles. The number of ether oxygens (including phenoxy) is 3. The van der Waals surface area contributed by atoms with Crippen molar-refractivity contribution in [2.24, 2.45) is 11.8 Å². The summed E-state index contributed by atoms with van der Waals surface area (Å²) in [5.74, 6) is 1.83. The van der Waals surface area contributed by atoms with Crippen LogP contribution in [-0.2, 0) is 35.3 Å². The maximum atomic E-state index is 12.0. The summed E-state index contributed by atoms with van der Waals surface area (Å²) in [4.78, 5) is 21.0. The molecule has 0 radical (unpaired) electrons. The average Bonchev–Trinajstić information content (AvgIpc) is 3.06. The van der Waals surface area contributed by atoms with Crippen LogP contribution in [0.25, 0.3) is 0 Å². The van der Waals surface area contributed by atoms with Gasteiger partial charge in [-0.2, -0.15) is 0 Å². The molecule has 3 atom stereocenters. The van der Waals surface area contributed by atoms with Crippen LogP contribution in [-0.4, -0.2) is 79.8 Å². The van der Waals surface area contributed by atoms with Crippen molar-refractivity contribution in [2.75, 3.05) is 52.7 Å². The summed E-state index contributed by atoms with van der Waals surface area (Å²) < 4.78 is 38.8. The van der Waals surface area contributed by atoms with Crippen molar-refractivity contribution in [1.29, 1.82) is 0 Å². The SMILES string of the molecule is CCCCCCCS(=O)(=O)CCCCCC/C=C/C(C)C(C[O-])COC.CCCCOc1ccc(CC(C=O)NC=O)cc1.COC.[K+]. The first-order valence-corrected chi connectivity index (χ1v) is 19.2. The Morgan fingerprint density at radius 1 is 0.854 bits per heavy atom. The molecule has 1 rings (SSSR count). The van der Waals surface area contributed by atoms with Crippen molar-refractivity contribution in [3.05, 3.63) is 42.0 Å². The fourth-order valence-corrected chi connectivity index (χ4v) is 6.03. The van der Waals surface area contributed by atoms with E-state index in [-0.39, 0.29) is 69.8 Å². The van der Waals surface area contributed by atoms with Gasteiger partial charge in [0.05, 0.1) is 24.2 Å². The smallest absolute Gasteiger partial charge is 0.854 e. The van der Waals surface area contributed by atoms with E-state index >= 15 is 0 Å². The van der Waals surface area contributed by atoms with Gasteiger partial charge in [0.2, 0.25) is 6.41 Å². The van der Waals surface area contributed by atoms with E-state index < -0.39 is 15.9 Å². The molecule has 0 bridgehead atoms. The summed E-state index contributed by atoms with van der Waals surface area (Å²) in [6, 6.07) is 7.12. The third-order valence-corrected chi connectivity index (χ3v) is 9.33. The van der Waals surface area contributed by atoms with Crippen LogP contribution in [0.4, 0.5) is 0 Å². The van der Waals surface area contributed by atoms with Gasteiger partial charge in [0.25, 0.3) is 0 Å². The van der Waals surface area contributed by atoms with E-state index in [1.807, 2.05) is 24.3 Å². The number of hydrogen-bond donors (Lipinski definition) is 1. The number of carbonyl (C=O) groups excluding carboxylic acids is 2. The molecule has 48 heavy (non-hydrogen) atoms. The van der Waals surface area contributed by atoms with E-state index in [1.54, 1.807) is 21.3 Å². The largest absolute Gasteiger partial charge is 1.00 e. The molecule has 0 heterocycles. The summed E-state index contributed by atoms with van der Waals surface area (Å²) in [5, 5.41) is 13.6. The third-order valence-electron chi connectivity index (χ3n) is 7.51. The average molecular weight is 724 g/mol. The number of aldehydes is 1. The Bertz CT molecular complexity index is 976. The molecule has 1 aromatic carbocycles. The number of benzene rings is 1. The molecule has 0 fully saturated rings. The molecule has 0 spiro atoms. The second-order valence-electron chi connectivity index (χ2n) is 11.9. The van der Waals surface area contributed by atoms with Crippen LogP contribution < -0.4 is 66.5 Å². The van der Waals surface area contributed by atoms with Crippen LogP contribution in [0, 0.1) is 11.8 Å². The van der Waals surface area contributed by atoms with E-state index in [4.69, 9.17) is 9.47 Å². The first-order chi connectivity index (χ1) is 22.7. The Morgan fingerprint density at radius 3 is 1.92 bits per heavy atom. The molecular formula is C37H66KNO8S. The first-order valence-electron chi connectivity index (χ1n) is 17.4. The van der Waals surface area contributed by atoms with E-state index in [0.717, 1.165) is 88.4 Å². The van der Waals surface area contributed by atoms with Gasteiger partial charge in [-0.25, -0.2) is 8.42 Å². The fraction of sp³-hybridized carbons (Fsp3) is 0.730. The van der Waals surface area contributed by atoms with Crippen LogP contribution in [0.15, 0.2) is 36.4 Å². The fourth-order valence-electron chi connectivity index (χ4n) is 4.54. The van der Waals surface area contributed by atoms with E-state index in [1.165, 1.54) is 12.8 Å². The summed E-state index contributed by atoms with van der Waals surface area (Å²) in [6.07, 6.45) is 18.5. The molecule has 1 amide bonds. The van der Waals surface area contributed by atoms with Crippen LogP contribution >= 0.6 is 0 Å². The normalized spacial score (nSPS) is 12.7. The van der Waals surface area contributed by atoms with Crippen molar-refractivity contribution in [2.45, 2.75) is 110 Å². The zero-order valence-corrected chi connectivity index (χ0v) is 35.2. The Balaban J connectivity index is -0.000000801. The van der Waals surface area contributed by atoms with Crippen LogP contribution in [0.2, 0.25) is 0 Å². The molecule has 274 valence electrons. The number of sulfone groups is 1. The predicted octanol–water partition coefficient (Wildman–Crippen LogP) is 3.13. The van der Waals surface area contributed by atoms with Gasteiger partial charge in [-0.15, -0.1) is 6.61 Å². The molecule has 0 aromatic heterocycles. The number of amides is 1. The van der Waals surface area contributed by atoms with Crippen molar-refractivity contribution >= 4 is 22.5 Å². The Hall–Kier alpha value is -0.634. The van der Waals surface area contributed by atoms with Crippen molar-refractivity contribution in [3.8, 4) is 5.75 Å². The maximum Gasteiger partial charge on any atom is 1.00 e. The second kappa shape index (κ2) is 37.6. The Morgan fingerprint density at radius 2 is 1.42 bits per heavy atom. The van der Waals surface area contributed by atoms with E-state index in [0.29, 0.717) is 30.9 Å². The molecule has 0 aliphatic rings. The van der Waals surface area contributed by atoms with E-state index in [2.05, 4.69) is 43.0 Å². The zero-order valence-electron chi connectivity index (χ0n) is 31.3. The van der Waals surface area contributed by atoms with Crippen molar-refractivity contribution in [3.63, 3.8) is 0 Å². The summed E-state index contributed by atoms with van der Waals surface area (Å²) in [6.45, 7) is 7.48. The second-order valence-corrected chi connectivity index (χ2v) is 14.2. The minimum atomic E-state index is -2.85. The Labute approximate surface area is 336 Å². The van der Waals surface area contributed by atoms with Gasteiger partial charge in [0.15, 0.2) is 0 Å². The summed E-state index contributed by atoms with van der Waals surface area (Å²) >= 11 is 0. The van der Waals surface area contributed by atoms with Gasteiger partial charge >= 0.3 is 51.4 Å². The summed E-state index contributed by atoms with van der Waals surface area (Å²) in [7, 11) is 2.03. The van der Waals surface area contributed by atoms with Crippen molar-refractivity contribution in [1.82, 2.24) is 5.32 Å². The van der Waals surface area contributed by atoms with Crippen LogP contribution in [0.3, 0.4) is 0 Å². The van der Waals surface area contributed by atoms with Gasteiger partial charge in [0, 0.05) is 27.9 Å². The minimum Gasteiger partial charge on any atom is -0.854 e. The number of rotatable bonds is 27. The molecule has 1 N–H and O–H groups in total. The number of hydrogen-bond acceptors (Lipinski definition) is 8. The molecular weight excluding hydrogens is 658 g/mol. The Kier molecular flexibility index (Phi) is 40.5. The maximum absolute atomic E-state index is 12.0. The van der Waals surface area contributed by atoms with Gasteiger partial charge in [-0.05, 0) is 68.1 Å². The molecule has 1 aromatic rings. The molecule has 0 aliphatic carbocycles. The number of methoxy groups -OCH3 is 2. The quantitative estimate of drug-likeness (QED) is 0.0635. The number of unbranched alkanes of at least 4 members (excludes halogenated alkanes) is 9. The molecule has 11 heteroatoms. The van der Waals surface area contributed by atoms with Crippen LogP contribution in [0.1, 0.15) is 103 Å². The third kappa shape index (κ3) is 32.6. The van der Waals surface area contributed by atoms with Crippen LogP contribution in [0.5, 0.6) is 5.75 Å². The minimum absolute atomic E-state index is 0. The number of allylic oxidation sites excluding steroid dienone is 2. The zero-order chi connectivity index (χ0) is 35.6. The first kappa shape index (κ1) is 51.7. The standard InChI is InChI=1S/C21H41O4S.C14H19NO3.C2H6O.K/c1-4-5-6-10-13-16-26(23,24)17-14-11-8-7-9-12-15-20(2)21(18-22)19-25-3;1-2-3-8-18-14-6-4-12(5-7-14)9-13(10-16)15-11-17;1-3-2;/h12,15,20-21H,4-11,13-14,16-19H2,1-3H3;4-7,10-11,13H,2-3,8-9H2,1H3,(H,15,17);1-2H3;/q-1;;;+1/b15-12+;;;.